The van der Waals surface area contributed by atoms with Crippen LogP contribution in [-0.4, -0.2) is 30.0 Å². The van der Waals surface area contributed by atoms with E-state index in [1.165, 1.54) is 0 Å². The van der Waals surface area contributed by atoms with Gasteiger partial charge >= 0.3 is 5.97 Å². The zero-order chi connectivity index (χ0) is 15.4. The largest absolute Gasteiger partial charge is 0.482 e. The van der Waals surface area contributed by atoms with E-state index < -0.39 is 5.97 Å². The highest BCUT2D eigenvalue weighted by Crippen LogP contribution is 2.23. The fraction of sp³-hybridized carbons (Fsp3) is 0.267. The van der Waals surface area contributed by atoms with Gasteiger partial charge in [-0.3, -0.25) is 4.79 Å². The molecule has 0 saturated carbocycles. The van der Waals surface area contributed by atoms with Crippen molar-refractivity contribution in [1.82, 2.24) is 4.98 Å². The first-order chi connectivity index (χ1) is 9.99. The van der Waals surface area contributed by atoms with Crippen LogP contribution in [0.5, 0.6) is 5.75 Å². The molecule has 0 amide bonds. The van der Waals surface area contributed by atoms with Crippen molar-refractivity contribution in [3.8, 4) is 5.75 Å². The van der Waals surface area contributed by atoms with Crippen molar-refractivity contribution in [2.24, 2.45) is 0 Å². The van der Waals surface area contributed by atoms with Crippen LogP contribution in [0.25, 0.3) is 10.9 Å². The normalized spacial score (nSPS) is 10.7. The van der Waals surface area contributed by atoms with Gasteiger partial charge in [-0.25, -0.2) is 9.78 Å². The third-order valence-electron chi connectivity index (χ3n) is 2.62. The number of hydrogen-bond acceptors (Lipinski definition) is 5. The Kier molecular flexibility index (Phi) is 4.75. The van der Waals surface area contributed by atoms with Crippen LogP contribution >= 0.6 is 11.6 Å². The molecule has 0 fully saturated rings. The molecule has 0 N–H and O–H groups in total. The molecule has 1 heterocycles. The van der Waals surface area contributed by atoms with E-state index in [4.69, 9.17) is 21.1 Å². The molecule has 0 atom stereocenters. The topological polar surface area (TPSA) is 65.5 Å². The third kappa shape index (κ3) is 3.92. The van der Waals surface area contributed by atoms with Crippen LogP contribution in [0.4, 0.5) is 0 Å². The summed E-state index contributed by atoms with van der Waals surface area (Å²) in [6.45, 7) is 3.36. The van der Waals surface area contributed by atoms with Crippen LogP contribution in [0.2, 0.25) is 5.15 Å². The van der Waals surface area contributed by atoms with Gasteiger partial charge in [0.25, 0.3) is 0 Å². The number of pyridine rings is 1. The van der Waals surface area contributed by atoms with E-state index >= 15 is 0 Å². The molecule has 1 aromatic carbocycles. The van der Waals surface area contributed by atoms with Crippen LogP contribution in [0.3, 0.4) is 0 Å². The van der Waals surface area contributed by atoms with Gasteiger partial charge in [0.05, 0.1) is 17.2 Å². The lowest BCUT2D eigenvalue weighted by molar-refractivity contribution is -0.149. The molecule has 5 nitrogen and oxygen atoms in total. The Labute approximate surface area is 126 Å². The Balaban J connectivity index is 2.16. The van der Waals surface area contributed by atoms with E-state index in [9.17, 15) is 9.59 Å². The molecule has 2 rings (SSSR count). The van der Waals surface area contributed by atoms with Crippen molar-refractivity contribution in [1.29, 1.82) is 0 Å². The Bertz CT molecular complexity index is 685. The van der Waals surface area contributed by atoms with Crippen molar-refractivity contribution >= 4 is 34.8 Å². The SMILES string of the molecule is CC(C)OC(=O)COc1ccc2nc(Cl)c(C=O)cc2c1. The summed E-state index contributed by atoms with van der Waals surface area (Å²) >= 11 is 5.86. The average molecular weight is 308 g/mol. The van der Waals surface area contributed by atoms with E-state index in [0.717, 1.165) is 0 Å². The maximum absolute atomic E-state index is 11.4. The van der Waals surface area contributed by atoms with Crippen LogP contribution in [0, 0.1) is 0 Å². The minimum atomic E-state index is -0.437. The number of carbonyl (C=O) groups excluding carboxylic acids is 2. The molecule has 110 valence electrons. The highest BCUT2D eigenvalue weighted by molar-refractivity contribution is 6.32. The number of ether oxygens (including phenoxy) is 2. The lowest BCUT2D eigenvalue weighted by Gasteiger charge is -2.10. The van der Waals surface area contributed by atoms with Gasteiger partial charge in [-0.15, -0.1) is 0 Å². The summed E-state index contributed by atoms with van der Waals surface area (Å²) in [6, 6.07) is 6.69. The average Bonchev–Trinajstić information content (AvgIpc) is 2.43. The first kappa shape index (κ1) is 15.3. The van der Waals surface area contributed by atoms with Gasteiger partial charge in [0.2, 0.25) is 0 Å². The number of fused-ring (bicyclic) bond motifs is 1. The van der Waals surface area contributed by atoms with Gasteiger partial charge in [-0.2, -0.15) is 0 Å². The molecule has 0 radical (unpaired) electrons. The molecule has 0 aliphatic rings. The Morgan fingerprint density at radius 3 is 2.81 bits per heavy atom. The lowest BCUT2D eigenvalue weighted by atomic mass is 10.1. The van der Waals surface area contributed by atoms with E-state index in [2.05, 4.69) is 4.98 Å². The summed E-state index contributed by atoms with van der Waals surface area (Å²) in [7, 11) is 0. The molecule has 6 heteroatoms. The second-order valence-corrected chi connectivity index (χ2v) is 5.03. The number of esters is 1. The number of aromatic nitrogens is 1. The second kappa shape index (κ2) is 6.54. The van der Waals surface area contributed by atoms with E-state index in [-0.39, 0.29) is 17.9 Å². The van der Waals surface area contributed by atoms with Crippen molar-refractivity contribution in [2.75, 3.05) is 6.61 Å². The smallest absolute Gasteiger partial charge is 0.344 e. The summed E-state index contributed by atoms with van der Waals surface area (Å²) < 4.78 is 10.3. The summed E-state index contributed by atoms with van der Waals surface area (Å²) in [6.07, 6.45) is 0.460. The number of hydrogen-bond donors (Lipinski definition) is 0. The maximum Gasteiger partial charge on any atom is 0.344 e. The van der Waals surface area contributed by atoms with Crippen molar-refractivity contribution in [2.45, 2.75) is 20.0 Å². The predicted octanol–water partition coefficient (Wildman–Crippen LogP) is 3.03. The first-order valence-electron chi connectivity index (χ1n) is 6.37. The molecule has 0 aliphatic heterocycles. The quantitative estimate of drug-likeness (QED) is 0.482. The number of carbonyl (C=O) groups is 2. The van der Waals surface area contributed by atoms with Crippen LogP contribution in [0.1, 0.15) is 24.2 Å². The fourth-order valence-corrected chi connectivity index (χ4v) is 1.95. The molecule has 0 saturated heterocycles. The predicted molar refractivity (Wildman–Crippen MR) is 78.9 cm³/mol. The van der Waals surface area contributed by atoms with Crippen LogP contribution in [0.15, 0.2) is 24.3 Å². The molecular weight excluding hydrogens is 294 g/mol. The zero-order valence-electron chi connectivity index (χ0n) is 11.6. The van der Waals surface area contributed by atoms with Crippen LogP contribution < -0.4 is 4.74 Å². The van der Waals surface area contributed by atoms with Gasteiger partial charge in [-0.05, 0) is 38.1 Å². The number of nitrogens with zero attached hydrogens (tertiary/aromatic N) is 1. The van der Waals surface area contributed by atoms with Gasteiger partial charge in [0.1, 0.15) is 10.9 Å². The van der Waals surface area contributed by atoms with E-state index in [1.54, 1.807) is 38.1 Å². The summed E-state index contributed by atoms with van der Waals surface area (Å²) in [5.41, 5.74) is 0.947. The minimum Gasteiger partial charge on any atom is -0.482 e. The van der Waals surface area contributed by atoms with Gasteiger partial charge < -0.3 is 9.47 Å². The van der Waals surface area contributed by atoms with Crippen LogP contribution in [-0.2, 0) is 9.53 Å². The molecule has 0 unspecified atom stereocenters. The van der Waals surface area contributed by atoms with E-state index in [1.807, 2.05) is 0 Å². The third-order valence-corrected chi connectivity index (χ3v) is 2.92. The Morgan fingerprint density at radius 1 is 1.38 bits per heavy atom. The number of aldehydes is 1. The van der Waals surface area contributed by atoms with E-state index in [0.29, 0.717) is 28.5 Å². The summed E-state index contributed by atoms with van der Waals surface area (Å²) in [5, 5.41) is 0.864. The van der Waals surface area contributed by atoms with Gasteiger partial charge in [0.15, 0.2) is 12.9 Å². The maximum atomic E-state index is 11.4. The molecule has 21 heavy (non-hydrogen) atoms. The standard InChI is InChI=1S/C15H14ClNO4/c1-9(2)21-14(19)8-20-12-3-4-13-10(6-12)5-11(7-18)15(16)17-13/h3-7,9H,8H2,1-2H3. The fourth-order valence-electron chi connectivity index (χ4n) is 1.76. The van der Waals surface area contributed by atoms with Crippen molar-refractivity contribution in [3.63, 3.8) is 0 Å². The number of benzene rings is 1. The zero-order valence-corrected chi connectivity index (χ0v) is 12.4. The highest BCUT2D eigenvalue weighted by Gasteiger charge is 2.08. The summed E-state index contributed by atoms with van der Waals surface area (Å²) in [4.78, 5) is 26.4. The van der Waals surface area contributed by atoms with Crippen molar-refractivity contribution in [3.05, 3.63) is 35.0 Å². The van der Waals surface area contributed by atoms with Gasteiger partial charge in [-0.1, -0.05) is 11.6 Å². The van der Waals surface area contributed by atoms with Crippen molar-refractivity contribution < 1.29 is 19.1 Å². The van der Waals surface area contributed by atoms with Gasteiger partial charge in [0, 0.05) is 5.39 Å². The summed E-state index contributed by atoms with van der Waals surface area (Å²) in [5.74, 6) is 0.0529. The molecule has 1 aromatic heterocycles. The minimum absolute atomic E-state index is 0.159. The first-order valence-corrected chi connectivity index (χ1v) is 6.75. The monoisotopic (exact) mass is 307 g/mol. The molecule has 0 spiro atoms. The number of rotatable bonds is 5. The Morgan fingerprint density at radius 2 is 2.14 bits per heavy atom. The molecule has 0 bridgehead atoms. The highest BCUT2D eigenvalue weighted by atomic mass is 35.5. The Hall–Kier alpha value is -2.14. The number of halogens is 1. The molecular formula is C15H14ClNO4. The second-order valence-electron chi connectivity index (χ2n) is 4.67. The molecule has 0 aliphatic carbocycles. The molecule has 2 aromatic rings. The lowest BCUT2D eigenvalue weighted by Crippen LogP contribution is -2.18.